The third-order valence-corrected chi connectivity index (χ3v) is 7.26. The molecule has 0 heterocycles. The first kappa shape index (κ1) is 20.2. The van der Waals surface area contributed by atoms with Crippen LogP contribution in [0.3, 0.4) is 0 Å². The van der Waals surface area contributed by atoms with Crippen LogP contribution in [0.4, 0.5) is 11.4 Å². The summed E-state index contributed by atoms with van der Waals surface area (Å²) in [5.41, 5.74) is 13.1. The van der Waals surface area contributed by atoms with Gasteiger partial charge in [0.1, 0.15) is 0 Å². The highest BCUT2D eigenvalue weighted by molar-refractivity contribution is 6.03. The SMILES string of the molecule is Nc1cccc(N=C2C=CC[C@H](NC3C=C4C(C3)C4c3ccccc3)[C@@H]2c2ccccc2)c1. The van der Waals surface area contributed by atoms with Crippen molar-refractivity contribution in [2.24, 2.45) is 10.9 Å². The van der Waals surface area contributed by atoms with Crippen molar-refractivity contribution in [3.8, 4) is 0 Å². The van der Waals surface area contributed by atoms with E-state index in [4.69, 9.17) is 10.7 Å². The summed E-state index contributed by atoms with van der Waals surface area (Å²) in [4.78, 5) is 5.03. The predicted molar refractivity (Wildman–Crippen MR) is 137 cm³/mol. The maximum atomic E-state index is 6.01. The van der Waals surface area contributed by atoms with Gasteiger partial charge in [0.05, 0.1) is 5.69 Å². The summed E-state index contributed by atoms with van der Waals surface area (Å²) >= 11 is 0. The molecule has 3 aliphatic rings. The number of nitrogens with one attached hydrogen (secondary N) is 1. The van der Waals surface area contributed by atoms with Crippen molar-refractivity contribution in [2.75, 3.05) is 5.73 Å². The van der Waals surface area contributed by atoms with E-state index in [2.05, 4.69) is 84.2 Å². The van der Waals surface area contributed by atoms with Crippen molar-refractivity contribution >= 4 is 17.1 Å². The molecule has 1 saturated carbocycles. The Hall–Kier alpha value is -3.43. The third kappa shape index (κ3) is 4.05. The van der Waals surface area contributed by atoms with Gasteiger partial charge < -0.3 is 11.1 Å². The van der Waals surface area contributed by atoms with Crippen LogP contribution in [-0.4, -0.2) is 17.8 Å². The predicted octanol–water partition coefficient (Wildman–Crippen LogP) is 6.16. The van der Waals surface area contributed by atoms with Gasteiger partial charge in [-0.1, -0.05) is 84.5 Å². The molecule has 3 unspecified atom stereocenters. The van der Waals surface area contributed by atoms with Crippen molar-refractivity contribution in [3.05, 3.63) is 120 Å². The molecule has 3 aliphatic carbocycles. The van der Waals surface area contributed by atoms with Crippen LogP contribution in [0, 0.1) is 5.92 Å². The lowest BCUT2D eigenvalue weighted by Gasteiger charge is -2.33. The van der Waals surface area contributed by atoms with E-state index < -0.39 is 0 Å². The highest BCUT2D eigenvalue weighted by atomic mass is 15.0. The Bertz CT molecular complexity index is 1230. The zero-order valence-corrected chi connectivity index (χ0v) is 18.6. The molecule has 0 bridgehead atoms. The molecular formula is C30H29N3. The van der Waals surface area contributed by atoms with Crippen LogP contribution in [0.2, 0.25) is 0 Å². The minimum Gasteiger partial charge on any atom is -0.399 e. The second-order valence-corrected chi connectivity index (χ2v) is 9.43. The van der Waals surface area contributed by atoms with E-state index in [1.165, 1.54) is 17.5 Å². The Morgan fingerprint density at radius 2 is 1.55 bits per heavy atom. The molecule has 0 spiro atoms. The molecule has 3 nitrogen and oxygen atoms in total. The first-order chi connectivity index (χ1) is 16.3. The fraction of sp³-hybridized carbons (Fsp3) is 0.233. The Kier molecular flexibility index (Phi) is 5.20. The lowest BCUT2D eigenvalue weighted by Crippen LogP contribution is -2.44. The van der Waals surface area contributed by atoms with Gasteiger partial charge in [-0.15, -0.1) is 0 Å². The molecule has 6 rings (SSSR count). The van der Waals surface area contributed by atoms with Gasteiger partial charge in [-0.2, -0.15) is 0 Å². The van der Waals surface area contributed by atoms with E-state index in [1.807, 2.05) is 24.3 Å². The lowest BCUT2D eigenvalue weighted by molar-refractivity contribution is 0.428. The van der Waals surface area contributed by atoms with Gasteiger partial charge in [-0.05, 0) is 54.2 Å². The summed E-state index contributed by atoms with van der Waals surface area (Å²) in [7, 11) is 0. The molecule has 3 aromatic rings. The molecule has 3 N–H and O–H groups in total. The largest absolute Gasteiger partial charge is 0.399 e. The minimum absolute atomic E-state index is 0.206. The normalized spacial score (nSPS) is 29.0. The molecule has 0 saturated heterocycles. The number of rotatable bonds is 5. The van der Waals surface area contributed by atoms with Crippen LogP contribution < -0.4 is 11.1 Å². The van der Waals surface area contributed by atoms with Gasteiger partial charge in [0.2, 0.25) is 0 Å². The molecule has 0 amide bonds. The van der Waals surface area contributed by atoms with Crippen molar-refractivity contribution in [1.29, 1.82) is 0 Å². The molecule has 33 heavy (non-hydrogen) atoms. The Balaban J connectivity index is 1.26. The van der Waals surface area contributed by atoms with E-state index in [0.717, 1.165) is 23.5 Å². The van der Waals surface area contributed by atoms with Crippen molar-refractivity contribution in [1.82, 2.24) is 5.32 Å². The molecule has 0 aliphatic heterocycles. The summed E-state index contributed by atoms with van der Waals surface area (Å²) in [5.74, 6) is 1.55. The fourth-order valence-electron chi connectivity index (χ4n) is 5.75. The van der Waals surface area contributed by atoms with Gasteiger partial charge in [-0.25, -0.2) is 0 Å². The molecule has 3 aromatic carbocycles. The number of hydrogen-bond acceptors (Lipinski definition) is 3. The number of fused-ring (bicyclic) bond motifs is 1. The molecule has 0 radical (unpaired) electrons. The lowest BCUT2D eigenvalue weighted by atomic mass is 9.81. The average molecular weight is 432 g/mol. The number of nitrogens with two attached hydrogens (primary N) is 1. The van der Waals surface area contributed by atoms with E-state index in [1.54, 1.807) is 5.57 Å². The van der Waals surface area contributed by atoms with Gasteiger partial charge in [0.15, 0.2) is 0 Å². The number of allylic oxidation sites excluding steroid dienone is 2. The van der Waals surface area contributed by atoms with Crippen LogP contribution in [0.25, 0.3) is 0 Å². The van der Waals surface area contributed by atoms with Crippen LogP contribution in [0.15, 0.2) is 114 Å². The summed E-state index contributed by atoms with van der Waals surface area (Å²) in [5, 5.41) is 3.99. The topological polar surface area (TPSA) is 50.4 Å². The fourth-order valence-corrected chi connectivity index (χ4v) is 5.75. The van der Waals surface area contributed by atoms with Gasteiger partial charge in [-0.3, -0.25) is 4.99 Å². The van der Waals surface area contributed by atoms with Crippen LogP contribution in [0.1, 0.15) is 35.8 Å². The van der Waals surface area contributed by atoms with E-state index in [9.17, 15) is 0 Å². The smallest absolute Gasteiger partial charge is 0.0653 e. The molecule has 1 fully saturated rings. The summed E-state index contributed by atoms with van der Waals surface area (Å²) < 4.78 is 0. The Morgan fingerprint density at radius 3 is 2.21 bits per heavy atom. The number of aliphatic imine (C=N–C) groups is 1. The first-order valence-corrected chi connectivity index (χ1v) is 11.9. The van der Waals surface area contributed by atoms with E-state index in [0.29, 0.717) is 23.9 Å². The van der Waals surface area contributed by atoms with E-state index in [-0.39, 0.29) is 5.92 Å². The zero-order valence-electron chi connectivity index (χ0n) is 18.6. The molecule has 3 heteroatoms. The minimum atomic E-state index is 0.206. The number of nitrogen functional groups attached to an aromatic ring is 1. The van der Waals surface area contributed by atoms with Gasteiger partial charge in [0, 0.05) is 35.3 Å². The van der Waals surface area contributed by atoms with E-state index >= 15 is 0 Å². The van der Waals surface area contributed by atoms with Crippen LogP contribution in [-0.2, 0) is 0 Å². The summed E-state index contributed by atoms with van der Waals surface area (Å²) in [6, 6.07) is 30.3. The van der Waals surface area contributed by atoms with Crippen molar-refractivity contribution in [3.63, 3.8) is 0 Å². The molecule has 5 atom stereocenters. The second kappa shape index (κ2) is 8.49. The highest BCUT2D eigenvalue weighted by Crippen LogP contribution is 2.59. The van der Waals surface area contributed by atoms with Crippen molar-refractivity contribution < 1.29 is 0 Å². The standard InChI is InChI=1S/C30H29N3/c31-22-13-7-14-23(17-22)32-27-15-8-16-28(30(27)21-11-5-2-6-12-21)33-24-18-25-26(19-24)29(25)20-9-3-1-4-10-20/h1-15,17-18,24,26,28-30,33H,16,19,31H2/t24?,26?,28-,29?,30+/m0/s1. The number of hydrogen-bond donors (Lipinski definition) is 2. The third-order valence-electron chi connectivity index (χ3n) is 7.26. The van der Waals surface area contributed by atoms with Crippen LogP contribution >= 0.6 is 0 Å². The van der Waals surface area contributed by atoms with Crippen molar-refractivity contribution in [2.45, 2.75) is 36.8 Å². The number of benzene rings is 3. The average Bonchev–Trinajstić information content (AvgIpc) is 3.35. The molecule has 0 aromatic heterocycles. The summed E-state index contributed by atoms with van der Waals surface area (Å²) in [6.45, 7) is 0. The Morgan fingerprint density at radius 1 is 0.818 bits per heavy atom. The quantitative estimate of drug-likeness (QED) is 0.376. The summed E-state index contributed by atoms with van der Waals surface area (Å²) in [6.07, 6.45) is 9.14. The molecule has 164 valence electrons. The van der Waals surface area contributed by atoms with Crippen LogP contribution in [0.5, 0.6) is 0 Å². The maximum absolute atomic E-state index is 6.01. The maximum Gasteiger partial charge on any atom is 0.0653 e. The van der Waals surface area contributed by atoms with Gasteiger partial charge >= 0.3 is 0 Å². The van der Waals surface area contributed by atoms with Gasteiger partial charge in [0.25, 0.3) is 0 Å². The Labute approximate surface area is 195 Å². The first-order valence-electron chi connectivity index (χ1n) is 11.9. The zero-order chi connectivity index (χ0) is 22.2. The number of anilines is 1. The molecular weight excluding hydrogens is 402 g/mol. The monoisotopic (exact) mass is 431 g/mol. The highest BCUT2D eigenvalue weighted by Gasteiger charge is 2.50. The number of nitrogens with zero attached hydrogens (tertiary/aromatic N) is 1. The second-order valence-electron chi connectivity index (χ2n) is 9.43.